The molecule has 0 spiro atoms. The Labute approximate surface area is 234 Å². The summed E-state index contributed by atoms with van der Waals surface area (Å²) in [5, 5.41) is 11.6. The fourth-order valence-corrected chi connectivity index (χ4v) is 4.89. The van der Waals surface area contributed by atoms with Gasteiger partial charge in [0.05, 0.1) is 11.6 Å². The van der Waals surface area contributed by atoms with Crippen LogP contribution in [-0.2, 0) is 11.0 Å². The number of carbonyl (C=O) groups is 1. The Hall–Kier alpha value is -3.15. The molecular weight excluding hydrogens is 526 g/mol. The largest absolute Gasteiger partial charge is 0.421 e. The number of alkyl halides is 3. The molecule has 1 amide bonds. The van der Waals surface area contributed by atoms with Crippen molar-refractivity contribution in [3.63, 3.8) is 0 Å². The Balaban J connectivity index is 0.00000560. The van der Waals surface area contributed by atoms with Crippen molar-refractivity contribution in [2.45, 2.75) is 72.6 Å². The lowest BCUT2D eigenvalue weighted by atomic mass is 9.93. The van der Waals surface area contributed by atoms with Gasteiger partial charge in [-0.1, -0.05) is 27.7 Å². The molecule has 3 rings (SSSR count). The minimum Gasteiger partial charge on any atom is -0.382 e. The molecule has 0 unspecified atom stereocenters. The van der Waals surface area contributed by atoms with Gasteiger partial charge in [-0.2, -0.15) is 18.2 Å². The van der Waals surface area contributed by atoms with E-state index in [9.17, 15) is 22.4 Å². The molecular formula is C28H43F4N7O. The van der Waals surface area contributed by atoms with Crippen LogP contribution in [0.5, 0.6) is 0 Å². The zero-order valence-electron chi connectivity index (χ0n) is 23.3. The highest BCUT2D eigenvalue weighted by molar-refractivity contribution is 5.80. The summed E-state index contributed by atoms with van der Waals surface area (Å²) in [4.78, 5) is 22.5. The Morgan fingerprint density at radius 1 is 1.18 bits per heavy atom. The zero-order chi connectivity index (χ0) is 29.0. The van der Waals surface area contributed by atoms with Crippen molar-refractivity contribution in [2.24, 2.45) is 11.3 Å². The van der Waals surface area contributed by atoms with Gasteiger partial charge in [-0.3, -0.25) is 4.79 Å². The van der Waals surface area contributed by atoms with Gasteiger partial charge >= 0.3 is 6.18 Å². The average Bonchev–Trinajstić information content (AvgIpc) is 3.25. The van der Waals surface area contributed by atoms with Crippen LogP contribution in [0.3, 0.4) is 0 Å². The van der Waals surface area contributed by atoms with Gasteiger partial charge in [-0.15, -0.1) is 0 Å². The fraction of sp³-hybridized carbons (Fsp3) is 0.607. The number of aromatic nitrogens is 2. The summed E-state index contributed by atoms with van der Waals surface area (Å²) in [7, 11) is 3.95. The third-order valence-corrected chi connectivity index (χ3v) is 6.43. The fourth-order valence-electron chi connectivity index (χ4n) is 4.89. The van der Waals surface area contributed by atoms with E-state index in [1.807, 2.05) is 27.9 Å². The lowest BCUT2D eigenvalue weighted by Gasteiger charge is -2.29. The van der Waals surface area contributed by atoms with E-state index in [4.69, 9.17) is 0 Å². The SMILES string of the molecule is C.CC(C)NC(=O)[C@H]1CCC[C@H]1Nc1nc(Nc2ccc(NCC(C)(C)CN(C)C)c(F)c2)ncc1C(F)(F)F. The van der Waals surface area contributed by atoms with Crippen LogP contribution >= 0.6 is 0 Å². The number of hydrogen-bond acceptors (Lipinski definition) is 7. The summed E-state index contributed by atoms with van der Waals surface area (Å²) in [5.41, 5.74) is -0.534. The van der Waals surface area contributed by atoms with Gasteiger partial charge in [0.15, 0.2) is 0 Å². The van der Waals surface area contributed by atoms with Crippen LogP contribution in [0.25, 0.3) is 0 Å². The van der Waals surface area contributed by atoms with Crippen molar-refractivity contribution in [2.75, 3.05) is 43.1 Å². The smallest absolute Gasteiger partial charge is 0.382 e. The molecule has 4 N–H and O–H groups in total. The van der Waals surface area contributed by atoms with Crippen LogP contribution in [-0.4, -0.2) is 60.0 Å². The van der Waals surface area contributed by atoms with Crippen LogP contribution in [0, 0.1) is 17.2 Å². The predicted octanol–water partition coefficient (Wildman–Crippen LogP) is 6.12. The van der Waals surface area contributed by atoms with Gasteiger partial charge in [0.2, 0.25) is 11.9 Å². The molecule has 1 fully saturated rings. The van der Waals surface area contributed by atoms with Gasteiger partial charge in [0, 0.05) is 37.1 Å². The maximum Gasteiger partial charge on any atom is 0.421 e. The third kappa shape index (κ3) is 9.21. The van der Waals surface area contributed by atoms with E-state index in [1.54, 1.807) is 12.1 Å². The van der Waals surface area contributed by atoms with Crippen molar-refractivity contribution in [3.05, 3.63) is 35.8 Å². The number of anilines is 4. The number of nitrogens with one attached hydrogen (secondary N) is 4. The Kier molecular flexibility index (Phi) is 11.1. The molecule has 40 heavy (non-hydrogen) atoms. The highest BCUT2D eigenvalue weighted by Gasteiger charge is 2.39. The molecule has 12 heteroatoms. The minimum absolute atomic E-state index is 0. The van der Waals surface area contributed by atoms with Crippen LogP contribution in [0.4, 0.5) is 40.7 Å². The molecule has 224 valence electrons. The molecule has 1 heterocycles. The molecule has 1 aliphatic rings. The number of rotatable bonds is 11. The molecule has 0 saturated heterocycles. The first-order chi connectivity index (χ1) is 18.1. The summed E-state index contributed by atoms with van der Waals surface area (Å²) in [5.74, 6) is -1.74. The van der Waals surface area contributed by atoms with E-state index in [1.165, 1.54) is 6.07 Å². The van der Waals surface area contributed by atoms with Gasteiger partial charge < -0.3 is 26.2 Å². The van der Waals surface area contributed by atoms with Gasteiger partial charge in [0.1, 0.15) is 17.2 Å². The third-order valence-electron chi connectivity index (χ3n) is 6.43. The molecule has 1 aliphatic carbocycles. The first kappa shape index (κ1) is 33.1. The minimum atomic E-state index is -4.70. The second kappa shape index (κ2) is 13.5. The summed E-state index contributed by atoms with van der Waals surface area (Å²) in [6, 6.07) is 3.81. The van der Waals surface area contributed by atoms with E-state index in [0.717, 1.165) is 6.54 Å². The zero-order valence-corrected chi connectivity index (χ0v) is 23.3. The number of nitrogens with zero attached hydrogens (tertiary/aromatic N) is 3. The van der Waals surface area contributed by atoms with E-state index in [-0.39, 0.29) is 36.4 Å². The molecule has 1 aromatic heterocycles. The van der Waals surface area contributed by atoms with Crippen molar-refractivity contribution in [3.8, 4) is 0 Å². The first-order valence-electron chi connectivity index (χ1n) is 13.1. The standard InChI is InChI=1S/C27H39F4N7O.CH4/c1-16(2)34-24(39)18-8-7-9-21(18)36-23-19(27(29,30)31)13-32-25(37-23)35-17-10-11-22(20(28)12-17)33-14-26(3,4)15-38(5)6;/h10-13,16,18,21,33H,7-9,14-15H2,1-6H3,(H,34,39)(H2,32,35,36,37);1H4/t18-,21+;/m0./s1. The monoisotopic (exact) mass is 569 g/mol. The van der Waals surface area contributed by atoms with E-state index in [2.05, 4.69) is 50.0 Å². The lowest BCUT2D eigenvalue weighted by Crippen LogP contribution is -2.41. The van der Waals surface area contributed by atoms with E-state index < -0.39 is 35.3 Å². The van der Waals surface area contributed by atoms with Crippen LogP contribution < -0.4 is 21.3 Å². The first-order valence-corrected chi connectivity index (χ1v) is 13.1. The van der Waals surface area contributed by atoms with Crippen molar-refractivity contribution in [1.82, 2.24) is 20.2 Å². The number of amides is 1. The number of benzene rings is 1. The number of halogens is 4. The maximum atomic E-state index is 14.8. The van der Waals surface area contributed by atoms with Crippen molar-refractivity contribution >= 4 is 29.0 Å². The van der Waals surface area contributed by atoms with Crippen molar-refractivity contribution in [1.29, 1.82) is 0 Å². The van der Waals surface area contributed by atoms with Gasteiger partial charge in [-0.25, -0.2) is 9.37 Å². The maximum absolute atomic E-state index is 14.8. The highest BCUT2D eigenvalue weighted by Crippen LogP contribution is 2.37. The second-order valence-corrected chi connectivity index (χ2v) is 11.5. The quantitative estimate of drug-likeness (QED) is 0.242. The lowest BCUT2D eigenvalue weighted by molar-refractivity contribution is -0.137. The van der Waals surface area contributed by atoms with Gasteiger partial charge in [-0.05, 0) is 64.4 Å². The molecule has 0 radical (unpaired) electrons. The number of carbonyl (C=O) groups excluding carboxylic acids is 1. The second-order valence-electron chi connectivity index (χ2n) is 11.5. The Bertz CT molecular complexity index is 1140. The summed E-state index contributed by atoms with van der Waals surface area (Å²) in [6.45, 7) is 9.17. The molecule has 0 aliphatic heterocycles. The Morgan fingerprint density at radius 3 is 2.48 bits per heavy atom. The molecule has 2 atom stereocenters. The molecule has 1 saturated carbocycles. The number of hydrogen-bond donors (Lipinski definition) is 4. The molecule has 2 aromatic rings. The molecule has 1 aromatic carbocycles. The van der Waals surface area contributed by atoms with Crippen molar-refractivity contribution < 1.29 is 22.4 Å². The van der Waals surface area contributed by atoms with Crippen LogP contribution in [0.2, 0.25) is 0 Å². The Morgan fingerprint density at radius 2 is 1.88 bits per heavy atom. The summed E-state index contributed by atoms with van der Waals surface area (Å²) < 4.78 is 56.1. The summed E-state index contributed by atoms with van der Waals surface area (Å²) in [6.07, 6.45) is -2.20. The topological polar surface area (TPSA) is 94.2 Å². The normalized spacial score (nSPS) is 17.5. The van der Waals surface area contributed by atoms with Crippen LogP contribution in [0.1, 0.15) is 59.9 Å². The predicted molar refractivity (Wildman–Crippen MR) is 152 cm³/mol. The average molecular weight is 570 g/mol. The molecule has 0 bridgehead atoms. The summed E-state index contributed by atoms with van der Waals surface area (Å²) >= 11 is 0. The van der Waals surface area contributed by atoms with E-state index in [0.29, 0.717) is 37.7 Å². The highest BCUT2D eigenvalue weighted by atomic mass is 19.4. The van der Waals surface area contributed by atoms with E-state index >= 15 is 0 Å². The molecule has 8 nitrogen and oxygen atoms in total. The van der Waals surface area contributed by atoms with Gasteiger partial charge in [0.25, 0.3) is 0 Å². The van der Waals surface area contributed by atoms with Crippen LogP contribution in [0.15, 0.2) is 24.4 Å².